The standard InChI is InChI=1S/Mn.H2O.3O.Os/h;1H2;;;;/q+1;;;;;/p-1. The molecular formula is HMnO4Os. The molecule has 0 saturated heterocycles. The molecule has 0 bridgehead atoms. The average molecular weight is 310 g/mol. The van der Waals surface area contributed by atoms with Gasteiger partial charge in [0.2, 0.25) is 0 Å². The zero-order valence-corrected chi connectivity index (χ0v) is 6.12. The average Bonchev–Trinajstić information content (AvgIpc) is 0.722. The molecule has 40 valence electrons. The predicted molar refractivity (Wildman–Crippen MR) is 4.28 cm³/mol. The third-order valence-corrected chi connectivity index (χ3v) is 0. The Bertz CT molecular complexity index is 129. The van der Waals surface area contributed by atoms with Gasteiger partial charge in [0.25, 0.3) is 0 Å². The Morgan fingerprint density at radius 2 is 1.17 bits per heavy atom. The minimum absolute atomic E-state index is 0. The fourth-order valence-electron chi connectivity index (χ4n) is 0. The monoisotopic (exact) mass is 312 g/mol. The number of hydrogen-bond donors (Lipinski definition) is 1. The van der Waals surface area contributed by atoms with Crippen LogP contribution in [0.1, 0.15) is 0 Å². The second-order valence-electron chi connectivity index (χ2n) is 0.396. The molecule has 0 unspecified atom stereocenters. The molecule has 4 nitrogen and oxygen atoms in total. The molecule has 6 heavy (non-hydrogen) atoms. The summed E-state index contributed by atoms with van der Waals surface area (Å²) in [5.74, 6) is 0. The zero-order chi connectivity index (χ0) is 4.50. The van der Waals surface area contributed by atoms with Crippen LogP contribution in [0.3, 0.4) is 0 Å². The molecule has 0 aromatic heterocycles. The van der Waals surface area contributed by atoms with Crippen LogP contribution in [-0.2, 0) is 44.3 Å². The summed E-state index contributed by atoms with van der Waals surface area (Å²) in [6.45, 7) is 0. The minimum Gasteiger partial charge on any atom is 0 e. The van der Waals surface area contributed by atoms with E-state index in [2.05, 4.69) is 0 Å². The second kappa shape index (κ2) is 2.65. The first-order valence-corrected chi connectivity index (χ1v) is 2.61. The Balaban J connectivity index is 0. The van der Waals surface area contributed by atoms with E-state index >= 15 is 0 Å². The van der Waals surface area contributed by atoms with Crippen LogP contribution >= 0.6 is 0 Å². The molecule has 0 aliphatic rings. The Labute approximate surface area is 48.8 Å². The van der Waals surface area contributed by atoms with Crippen LogP contribution in [-0.4, -0.2) is 4.19 Å². The van der Waals surface area contributed by atoms with Crippen LogP contribution in [0.25, 0.3) is 0 Å². The van der Waals surface area contributed by atoms with Gasteiger partial charge in [0.1, 0.15) is 0 Å². The summed E-state index contributed by atoms with van der Waals surface area (Å²) in [6, 6.07) is 0. The maximum Gasteiger partial charge on any atom is 0 e. The van der Waals surface area contributed by atoms with Crippen molar-refractivity contribution in [3.05, 3.63) is 0 Å². The Morgan fingerprint density at radius 3 is 1.17 bits per heavy atom. The van der Waals surface area contributed by atoms with Gasteiger partial charge in [-0.05, 0) is 0 Å². The van der Waals surface area contributed by atoms with Crippen LogP contribution in [0.5, 0.6) is 0 Å². The second-order valence-corrected chi connectivity index (χ2v) is 1.63. The van der Waals surface area contributed by atoms with Crippen LogP contribution in [0.15, 0.2) is 0 Å². The predicted octanol–water partition coefficient (Wildman–Crippen LogP) is -0.918. The van der Waals surface area contributed by atoms with E-state index in [-0.39, 0.29) is 19.8 Å². The van der Waals surface area contributed by atoms with Gasteiger partial charge >= 0.3 is 28.7 Å². The maximum atomic E-state index is 8.69. The van der Waals surface area contributed by atoms with Gasteiger partial charge in [-0.2, -0.15) is 0 Å². The molecule has 0 aromatic carbocycles. The van der Waals surface area contributed by atoms with E-state index in [0.29, 0.717) is 0 Å². The van der Waals surface area contributed by atoms with Crippen molar-refractivity contribution >= 4 is 0 Å². The van der Waals surface area contributed by atoms with E-state index in [0.717, 1.165) is 0 Å². The summed E-state index contributed by atoms with van der Waals surface area (Å²) < 4.78 is 33.1. The first-order chi connectivity index (χ1) is 2.00. The Kier molecular flexibility index (Phi) is 4.29. The molecule has 0 radical (unpaired) electrons. The molecule has 0 heterocycles. The van der Waals surface area contributed by atoms with Gasteiger partial charge < -0.3 is 0 Å². The van der Waals surface area contributed by atoms with Crippen molar-refractivity contribution in [2.24, 2.45) is 0 Å². The van der Waals surface area contributed by atoms with Crippen LogP contribution in [0.4, 0.5) is 0 Å². The normalized spacial score (nSPS) is 9.50. The fraction of sp³-hybridized carbons (Fsp3) is 0. The van der Waals surface area contributed by atoms with Crippen LogP contribution in [0.2, 0.25) is 0 Å². The molecule has 0 fully saturated rings. The zero-order valence-electron chi connectivity index (χ0n) is 2.40. The SMILES string of the molecule is [O]=[Mn](=[O])(=[O])[OH].[Os]. The maximum absolute atomic E-state index is 8.69. The summed E-state index contributed by atoms with van der Waals surface area (Å²) in [7, 11) is 0. The van der Waals surface area contributed by atoms with E-state index in [4.69, 9.17) is 15.7 Å². The van der Waals surface area contributed by atoms with E-state index in [1.165, 1.54) is 0 Å². The van der Waals surface area contributed by atoms with Gasteiger partial charge in [0.15, 0.2) is 0 Å². The first-order valence-electron chi connectivity index (χ1n) is 0.632. The smallest absolute Gasteiger partial charge is 0 e. The molecule has 0 aliphatic carbocycles. The number of rotatable bonds is 0. The van der Waals surface area contributed by atoms with Crippen molar-refractivity contribution in [3.63, 3.8) is 0 Å². The van der Waals surface area contributed by atoms with E-state index in [1.807, 2.05) is 0 Å². The van der Waals surface area contributed by atoms with Crippen molar-refractivity contribution in [2.45, 2.75) is 0 Å². The third-order valence-electron chi connectivity index (χ3n) is 0. The summed E-state index contributed by atoms with van der Waals surface area (Å²) in [6.07, 6.45) is 0. The van der Waals surface area contributed by atoms with E-state index < -0.39 is 13.0 Å². The van der Waals surface area contributed by atoms with Gasteiger partial charge in [-0.3, -0.25) is 0 Å². The van der Waals surface area contributed by atoms with Crippen LogP contribution < -0.4 is 0 Å². The summed E-state index contributed by atoms with van der Waals surface area (Å²) in [5, 5.41) is 0. The molecular weight excluding hydrogens is 309 g/mol. The van der Waals surface area contributed by atoms with Crippen molar-refractivity contribution in [3.8, 4) is 0 Å². The van der Waals surface area contributed by atoms with Gasteiger partial charge in [-0.15, -0.1) is 0 Å². The quantitative estimate of drug-likeness (QED) is 0.588. The van der Waals surface area contributed by atoms with E-state index in [9.17, 15) is 0 Å². The van der Waals surface area contributed by atoms with Crippen molar-refractivity contribution < 1.29 is 48.5 Å². The molecule has 1 N–H and O–H groups in total. The van der Waals surface area contributed by atoms with Gasteiger partial charge in [0.05, 0.1) is 0 Å². The summed E-state index contributed by atoms with van der Waals surface area (Å²) in [4.78, 5) is 0. The summed E-state index contributed by atoms with van der Waals surface area (Å²) in [5.41, 5.74) is 0. The largest absolute Gasteiger partial charge is 0 e. The number of hydrogen-bond acceptors (Lipinski definition) is 3. The van der Waals surface area contributed by atoms with Crippen molar-refractivity contribution in [1.82, 2.24) is 0 Å². The van der Waals surface area contributed by atoms with Crippen molar-refractivity contribution in [2.75, 3.05) is 0 Å². The van der Waals surface area contributed by atoms with Crippen LogP contribution in [0, 0.1) is 0 Å². The molecule has 0 amide bonds. The molecule has 0 atom stereocenters. The third kappa shape index (κ3) is 210. The molecule has 0 spiro atoms. The van der Waals surface area contributed by atoms with Crippen molar-refractivity contribution in [1.29, 1.82) is 0 Å². The van der Waals surface area contributed by atoms with Gasteiger partial charge in [-0.25, -0.2) is 0 Å². The van der Waals surface area contributed by atoms with Gasteiger partial charge in [0, 0.05) is 19.8 Å². The Morgan fingerprint density at radius 1 is 1.17 bits per heavy atom. The fourth-order valence-corrected chi connectivity index (χ4v) is 0. The molecule has 0 aromatic rings. The Hall–Kier alpha value is 0.516. The summed E-state index contributed by atoms with van der Waals surface area (Å²) >= 11 is -5.38. The molecule has 0 saturated carbocycles. The molecule has 0 rings (SSSR count). The first kappa shape index (κ1) is 9.72. The minimum atomic E-state index is -5.38. The molecule has 6 heteroatoms. The topological polar surface area (TPSA) is 71.4 Å². The van der Waals surface area contributed by atoms with Gasteiger partial charge in [-0.1, -0.05) is 0 Å². The van der Waals surface area contributed by atoms with E-state index in [1.54, 1.807) is 0 Å². The molecule has 0 aliphatic heterocycles.